The van der Waals surface area contributed by atoms with Gasteiger partial charge in [0.1, 0.15) is 0 Å². The number of piperidine rings is 1. The summed E-state index contributed by atoms with van der Waals surface area (Å²) in [5, 5.41) is 0. The van der Waals surface area contributed by atoms with Crippen LogP contribution in [0, 0.1) is 0 Å². The zero-order valence-electron chi connectivity index (χ0n) is 18.0. The van der Waals surface area contributed by atoms with E-state index in [4.69, 9.17) is 9.60 Å². The number of sulfone groups is 1. The SMILES string of the molecule is [2H]c1c([2H])c([C@H]2CCCN(CCC)C2)c([2H])c(S(=O)(=O)C([2H])([2H])[2H])c1[2H]. The Morgan fingerprint density at radius 1 is 1.53 bits per heavy atom. The van der Waals surface area contributed by atoms with Crippen LogP contribution in [-0.2, 0) is 9.84 Å². The van der Waals surface area contributed by atoms with Crippen molar-refractivity contribution in [3.8, 4) is 0 Å². The first-order valence-corrected chi connectivity index (χ1v) is 7.99. The lowest BCUT2D eigenvalue weighted by molar-refractivity contribution is 0.208. The van der Waals surface area contributed by atoms with Gasteiger partial charge in [-0.05, 0) is 55.9 Å². The second-order valence-electron chi connectivity index (χ2n) is 4.89. The van der Waals surface area contributed by atoms with Crippen LogP contribution in [0.25, 0.3) is 0 Å². The number of rotatable bonds is 4. The minimum absolute atomic E-state index is 0.0645. The molecule has 1 aliphatic heterocycles. The molecule has 1 fully saturated rings. The van der Waals surface area contributed by atoms with Crippen LogP contribution in [0.5, 0.6) is 0 Å². The Bertz CT molecular complexity index is 790. The largest absolute Gasteiger partial charge is 0.303 e. The predicted molar refractivity (Wildman–Crippen MR) is 78.3 cm³/mol. The molecule has 1 aromatic carbocycles. The van der Waals surface area contributed by atoms with Gasteiger partial charge in [-0.1, -0.05) is 19.0 Å². The van der Waals surface area contributed by atoms with Crippen LogP contribution in [0.4, 0.5) is 0 Å². The van der Waals surface area contributed by atoms with Gasteiger partial charge in [-0.2, -0.15) is 0 Å². The van der Waals surface area contributed by atoms with Crippen molar-refractivity contribution in [3.63, 3.8) is 0 Å². The molecule has 0 N–H and O–H groups in total. The molecule has 1 aromatic rings. The molecule has 1 aliphatic rings. The van der Waals surface area contributed by atoms with E-state index in [1.165, 1.54) is 0 Å². The number of benzene rings is 1. The van der Waals surface area contributed by atoms with Crippen molar-refractivity contribution >= 4 is 9.84 Å². The van der Waals surface area contributed by atoms with Gasteiger partial charge in [0, 0.05) is 16.8 Å². The van der Waals surface area contributed by atoms with Crippen LogP contribution in [-0.4, -0.2) is 39.1 Å². The number of nitrogens with zero attached hydrogens (tertiary/aromatic N) is 1. The number of hydrogen-bond donors (Lipinski definition) is 0. The molecule has 0 aromatic heterocycles. The van der Waals surface area contributed by atoms with Crippen molar-refractivity contribution in [2.24, 2.45) is 0 Å². The van der Waals surface area contributed by atoms with E-state index in [0.29, 0.717) is 13.0 Å². The third-order valence-corrected chi connectivity index (χ3v) is 4.09. The fourth-order valence-corrected chi connectivity index (χ4v) is 2.92. The summed E-state index contributed by atoms with van der Waals surface area (Å²) >= 11 is 0. The van der Waals surface area contributed by atoms with Crippen LogP contribution < -0.4 is 0 Å². The molecule has 106 valence electrons. The third-order valence-electron chi connectivity index (χ3n) is 3.34. The highest BCUT2D eigenvalue weighted by atomic mass is 32.2. The van der Waals surface area contributed by atoms with Crippen molar-refractivity contribution in [2.75, 3.05) is 25.8 Å². The average molecular weight is 288 g/mol. The van der Waals surface area contributed by atoms with Gasteiger partial charge >= 0.3 is 0 Å². The lowest BCUT2D eigenvalue weighted by atomic mass is 9.90. The van der Waals surface area contributed by atoms with Crippen molar-refractivity contribution < 1.29 is 18.0 Å². The molecule has 0 aliphatic carbocycles. The summed E-state index contributed by atoms with van der Waals surface area (Å²) in [7, 11) is -4.95. The molecular weight excluding hydrogens is 258 g/mol. The lowest BCUT2D eigenvalue weighted by Crippen LogP contribution is -2.34. The van der Waals surface area contributed by atoms with Gasteiger partial charge in [-0.25, -0.2) is 8.42 Å². The molecule has 0 spiro atoms. The topological polar surface area (TPSA) is 37.4 Å². The second-order valence-corrected chi connectivity index (χ2v) is 6.30. The van der Waals surface area contributed by atoms with Crippen LogP contribution in [0.1, 0.15) is 47.3 Å². The van der Waals surface area contributed by atoms with Gasteiger partial charge in [0.2, 0.25) is 0 Å². The molecule has 1 heterocycles. The highest BCUT2D eigenvalue weighted by molar-refractivity contribution is 7.90. The fourth-order valence-electron chi connectivity index (χ4n) is 2.49. The Kier molecular flexibility index (Phi) is 2.48. The summed E-state index contributed by atoms with van der Waals surface area (Å²) in [6.45, 7) is 4.26. The maximum absolute atomic E-state index is 12.4. The van der Waals surface area contributed by atoms with Gasteiger partial charge < -0.3 is 4.90 Å². The van der Waals surface area contributed by atoms with E-state index in [1.54, 1.807) is 0 Å². The summed E-state index contributed by atoms with van der Waals surface area (Å²) in [4.78, 5) is 1.20. The standard InChI is InChI=1S/C15H23NO2S/c1-3-9-16-10-5-7-14(12-16)13-6-4-8-15(11-13)19(2,17)18/h4,6,8,11,14H,3,5,7,9-10,12H2,1-2H3/t14-/m0/s1/i2D3,4D,6D,8D,11D. The van der Waals surface area contributed by atoms with Crippen molar-refractivity contribution in [1.82, 2.24) is 4.90 Å². The van der Waals surface area contributed by atoms with Crippen LogP contribution in [0.15, 0.2) is 29.1 Å². The minimum atomic E-state index is -4.95. The molecule has 1 saturated heterocycles. The Hall–Kier alpha value is -0.870. The quantitative estimate of drug-likeness (QED) is 0.855. The molecule has 19 heavy (non-hydrogen) atoms. The molecule has 3 nitrogen and oxygen atoms in total. The molecule has 0 radical (unpaired) electrons. The normalized spacial score (nSPS) is 27.4. The average Bonchev–Trinajstić information content (AvgIpc) is 2.52. The van der Waals surface area contributed by atoms with Gasteiger partial charge in [0.15, 0.2) is 9.84 Å². The van der Waals surface area contributed by atoms with Crippen molar-refractivity contribution in [1.29, 1.82) is 0 Å². The Morgan fingerprint density at radius 3 is 3.11 bits per heavy atom. The minimum Gasteiger partial charge on any atom is -0.303 e. The predicted octanol–water partition coefficient (Wildman–Crippen LogP) is 2.68. The highest BCUT2D eigenvalue weighted by Gasteiger charge is 2.21. The first kappa shape index (κ1) is 7.79. The number of hydrogen-bond acceptors (Lipinski definition) is 3. The van der Waals surface area contributed by atoms with Gasteiger partial charge in [-0.3, -0.25) is 0 Å². The van der Waals surface area contributed by atoms with Crippen LogP contribution in [0.3, 0.4) is 0 Å². The van der Waals surface area contributed by atoms with E-state index >= 15 is 0 Å². The first-order valence-electron chi connectivity index (χ1n) is 10.0. The van der Waals surface area contributed by atoms with Gasteiger partial charge in [0.05, 0.1) is 10.4 Å². The van der Waals surface area contributed by atoms with E-state index in [1.807, 2.05) is 6.92 Å². The summed E-state index contributed by atoms with van der Waals surface area (Å²) in [5.41, 5.74) is 0.0645. The highest BCUT2D eigenvalue weighted by Crippen LogP contribution is 2.28. The maximum Gasteiger partial charge on any atom is 0.175 e. The summed E-state index contributed by atoms with van der Waals surface area (Å²) in [6.07, 6.45) is -1.06. The molecule has 4 heteroatoms. The Labute approximate surface area is 126 Å². The number of likely N-dealkylation sites (tertiary alicyclic amines) is 1. The zero-order chi connectivity index (χ0) is 19.9. The summed E-state index contributed by atoms with van der Waals surface area (Å²) in [5.74, 6) is -0.328. The van der Waals surface area contributed by atoms with E-state index in [-0.39, 0.29) is 17.5 Å². The molecule has 2 rings (SSSR count). The van der Waals surface area contributed by atoms with Gasteiger partial charge in [-0.15, -0.1) is 0 Å². The van der Waals surface area contributed by atoms with Crippen LogP contribution >= 0.6 is 0 Å². The molecule has 0 unspecified atom stereocenters. The smallest absolute Gasteiger partial charge is 0.175 e. The molecular formula is C15H23NO2S. The molecule has 0 bridgehead atoms. The lowest BCUT2D eigenvalue weighted by Gasteiger charge is -2.32. The fraction of sp³-hybridized carbons (Fsp3) is 0.600. The van der Waals surface area contributed by atoms with Crippen LogP contribution in [0.2, 0.25) is 0 Å². The second kappa shape index (κ2) is 6.06. The van der Waals surface area contributed by atoms with E-state index in [2.05, 4.69) is 4.90 Å². The maximum atomic E-state index is 12.4. The molecule has 1 atom stereocenters. The molecule has 0 saturated carbocycles. The van der Waals surface area contributed by atoms with E-state index in [9.17, 15) is 8.42 Å². The van der Waals surface area contributed by atoms with Gasteiger partial charge in [0.25, 0.3) is 0 Å². The molecule has 0 amide bonds. The van der Waals surface area contributed by atoms with Crippen molar-refractivity contribution in [2.45, 2.75) is 37.0 Å². The Balaban J connectivity index is 2.65. The summed E-state index contributed by atoms with van der Waals surface area (Å²) in [6, 6.07) is -2.50. The summed E-state index contributed by atoms with van der Waals surface area (Å²) < 4.78 is 78.8. The first-order chi connectivity index (χ1) is 11.9. The zero-order valence-corrected chi connectivity index (χ0v) is 11.8. The van der Waals surface area contributed by atoms with E-state index < -0.39 is 39.0 Å². The van der Waals surface area contributed by atoms with Crippen molar-refractivity contribution in [3.05, 3.63) is 29.7 Å². The monoisotopic (exact) mass is 288 g/mol. The third kappa shape index (κ3) is 3.80. The Morgan fingerprint density at radius 2 is 2.37 bits per heavy atom. The van der Waals surface area contributed by atoms with E-state index in [0.717, 1.165) is 25.9 Å².